The fourth-order valence-electron chi connectivity index (χ4n) is 1.35. The van der Waals surface area contributed by atoms with E-state index in [1.54, 1.807) is 18.2 Å². The van der Waals surface area contributed by atoms with E-state index < -0.39 is 6.09 Å². The van der Waals surface area contributed by atoms with E-state index in [0.29, 0.717) is 30.2 Å². The first-order valence-electron chi connectivity index (χ1n) is 5.26. The number of ether oxygens (including phenoxy) is 3. The summed E-state index contributed by atoms with van der Waals surface area (Å²) in [5, 5.41) is 11.1. The quantitative estimate of drug-likeness (QED) is 0.763. The first kappa shape index (κ1) is 11.5. The summed E-state index contributed by atoms with van der Waals surface area (Å²) in [6.45, 7) is 0.589. The van der Waals surface area contributed by atoms with Gasteiger partial charge in [-0.05, 0) is 18.6 Å². The Morgan fingerprint density at radius 3 is 3.06 bits per heavy atom. The van der Waals surface area contributed by atoms with Crippen molar-refractivity contribution in [1.29, 1.82) is 0 Å². The number of aliphatic hydroxyl groups is 1. The second-order valence-corrected chi connectivity index (χ2v) is 3.41. The highest BCUT2D eigenvalue weighted by atomic mass is 16.7. The minimum atomic E-state index is -0.558. The Hall–Kier alpha value is -1.95. The van der Waals surface area contributed by atoms with Crippen LogP contribution in [0.3, 0.4) is 0 Å². The van der Waals surface area contributed by atoms with E-state index in [9.17, 15) is 4.79 Å². The van der Waals surface area contributed by atoms with E-state index >= 15 is 0 Å². The van der Waals surface area contributed by atoms with E-state index in [4.69, 9.17) is 19.3 Å². The second kappa shape index (κ2) is 5.40. The van der Waals surface area contributed by atoms with Crippen LogP contribution in [-0.2, 0) is 0 Å². The van der Waals surface area contributed by atoms with Crippen molar-refractivity contribution in [2.24, 2.45) is 0 Å². The fraction of sp³-hybridized carbons (Fsp3) is 0.364. The van der Waals surface area contributed by atoms with Crippen LogP contribution < -0.4 is 19.5 Å². The number of fused-ring (bicyclic) bond motifs is 1. The number of hydrogen-bond acceptors (Lipinski definition) is 5. The third-order valence-corrected chi connectivity index (χ3v) is 2.16. The Labute approximate surface area is 98.1 Å². The lowest BCUT2D eigenvalue weighted by Gasteiger charge is -2.06. The second-order valence-electron chi connectivity index (χ2n) is 3.41. The van der Waals surface area contributed by atoms with Gasteiger partial charge in [0.25, 0.3) is 0 Å². The monoisotopic (exact) mass is 239 g/mol. The number of nitrogens with one attached hydrogen (secondary N) is 1. The molecule has 0 atom stereocenters. The van der Waals surface area contributed by atoms with Crippen LogP contribution in [0.5, 0.6) is 17.2 Å². The predicted molar refractivity (Wildman–Crippen MR) is 58.3 cm³/mol. The summed E-state index contributed by atoms with van der Waals surface area (Å²) < 4.78 is 15.3. The molecule has 1 heterocycles. The van der Waals surface area contributed by atoms with Gasteiger partial charge in [0.15, 0.2) is 11.5 Å². The molecular weight excluding hydrogens is 226 g/mol. The molecule has 0 saturated carbocycles. The predicted octanol–water partition coefficient (Wildman–Crippen LogP) is 0.886. The first-order chi connectivity index (χ1) is 8.29. The summed E-state index contributed by atoms with van der Waals surface area (Å²) in [6, 6.07) is 4.89. The number of rotatable bonds is 4. The summed E-state index contributed by atoms with van der Waals surface area (Å²) in [6.07, 6.45) is -0.0618. The maximum atomic E-state index is 11.3. The van der Waals surface area contributed by atoms with Crippen molar-refractivity contribution < 1.29 is 24.1 Å². The zero-order valence-electron chi connectivity index (χ0n) is 9.14. The van der Waals surface area contributed by atoms with Crippen molar-refractivity contribution in [1.82, 2.24) is 5.32 Å². The standard InChI is InChI=1S/C11H13NO5/c13-5-1-4-12-11(14)17-8-2-3-9-10(6-8)16-7-15-9/h2-3,6,13H,1,4-5,7H2,(H,12,14). The molecule has 6 nitrogen and oxygen atoms in total. The maximum absolute atomic E-state index is 11.3. The fourth-order valence-corrected chi connectivity index (χ4v) is 1.35. The van der Waals surface area contributed by atoms with Gasteiger partial charge in [-0.3, -0.25) is 0 Å². The van der Waals surface area contributed by atoms with E-state index in [1.165, 1.54) is 0 Å². The first-order valence-corrected chi connectivity index (χ1v) is 5.26. The molecule has 1 amide bonds. The Morgan fingerprint density at radius 1 is 1.41 bits per heavy atom. The largest absolute Gasteiger partial charge is 0.454 e. The molecule has 17 heavy (non-hydrogen) atoms. The van der Waals surface area contributed by atoms with Gasteiger partial charge in [0, 0.05) is 19.2 Å². The molecule has 0 fully saturated rings. The van der Waals surface area contributed by atoms with Gasteiger partial charge in [-0.25, -0.2) is 4.79 Å². The van der Waals surface area contributed by atoms with Gasteiger partial charge >= 0.3 is 6.09 Å². The van der Waals surface area contributed by atoms with Crippen molar-refractivity contribution in [2.45, 2.75) is 6.42 Å². The summed E-state index contributed by atoms with van der Waals surface area (Å²) in [5.41, 5.74) is 0. The zero-order valence-corrected chi connectivity index (χ0v) is 9.14. The molecule has 0 saturated heterocycles. The lowest BCUT2D eigenvalue weighted by Crippen LogP contribution is -2.28. The van der Waals surface area contributed by atoms with Crippen LogP contribution in [0.2, 0.25) is 0 Å². The minimum Gasteiger partial charge on any atom is -0.454 e. The van der Waals surface area contributed by atoms with Gasteiger partial charge < -0.3 is 24.6 Å². The van der Waals surface area contributed by atoms with Crippen molar-refractivity contribution in [3.63, 3.8) is 0 Å². The van der Waals surface area contributed by atoms with Crippen molar-refractivity contribution >= 4 is 6.09 Å². The average molecular weight is 239 g/mol. The van der Waals surface area contributed by atoms with Crippen LogP contribution >= 0.6 is 0 Å². The summed E-state index contributed by atoms with van der Waals surface area (Å²) in [4.78, 5) is 11.3. The minimum absolute atomic E-state index is 0.0320. The summed E-state index contributed by atoms with van der Waals surface area (Å²) in [7, 11) is 0. The average Bonchev–Trinajstić information content (AvgIpc) is 2.76. The lowest BCUT2D eigenvalue weighted by atomic mass is 10.3. The highest BCUT2D eigenvalue weighted by Gasteiger charge is 2.14. The van der Waals surface area contributed by atoms with E-state index in [2.05, 4.69) is 5.32 Å². The van der Waals surface area contributed by atoms with Gasteiger partial charge in [0.2, 0.25) is 6.79 Å². The Balaban J connectivity index is 1.88. The maximum Gasteiger partial charge on any atom is 0.412 e. The normalized spacial score (nSPS) is 12.3. The Kier molecular flexibility index (Phi) is 3.66. The van der Waals surface area contributed by atoms with Gasteiger partial charge in [-0.2, -0.15) is 0 Å². The Morgan fingerprint density at radius 2 is 2.24 bits per heavy atom. The molecule has 0 radical (unpaired) electrons. The molecule has 0 aliphatic carbocycles. The summed E-state index contributed by atoms with van der Waals surface area (Å²) >= 11 is 0. The highest BCUT2D eigenvalue weighted by Crippen LogP contribution is 2.34. The zero-order chi connectivity index (χ0) is 12.1. The molecule has 2 rings (SSSR count). The van der Waals surface area contributed by atoms with Crippen molar-refractivity contribution in [2.75, 3.05) is 19.9 Å². The molecule has 1 aromatic carbocycles. The number of amides is 1. The van der Waals surface area contributed by atoms with Gasteiger partial charge in [-0.15, -0.1) is 0 Å². The molecule has 0 unspecified atom stereocenters. The van der Waals surface area contributed by atoms with Crippen LogP contribution in [0.15, 0.2) is 18.2 Å². The molecule has 6 heteroatoms. The number of aliphatic hydroxyl groups excluding tert-OH is 1. The van der Waals surface area contributed by atoms with E-state index in [1.807, 2.05) is 0 Å². The molecule has 0 aromatic heterocycles. The van der Waals surface area contributed by atoms with Crippen LogP contribution in [0.25, 0.3) is 0 Å². The van der Waals surface area contributed by atoms with Crippen LogP contribution in [0, 0.1) is 0 Å². The lowest BCUT2D eigenvalue weighted by molar-refractivity contribution is 0.173. The highest BCUT2D eigenvalue weighted by molar-refractivity contribution is 5.70. The molecule has 92 valence electrons. The topological polar surface area (TPSA) is 77.0 Å². The molecule has 0 bridgehead atoms. The van der Waals surface area contributed by atoms with Gasteiger partial charge in [0.1, 0.15) is 5.75 Å². The molecule has 1 aliphatic rings. The molecular formula is C11H13NO5. The number of carbonyl (C=O) groups is 1. The molecule has 1 aromatic rings. The summed E-state index contributed by atoms with van der Waals surface area (Å²) in [5.74, 6) is 1.58. The van der Waals surface area contributed by atoms with Crippen molar-refractivity contribution in [3.8, 4) is 17.2 Å². The third kappa shape index (κ3) is 3.01. The van der Waals surface area contributed by atoms with Crippen LogP contribution in [0.4, 0.5) is 4.79 Å². The van der Waals surface area contributed by atoms with E-state index in [0.717, 1.165) is 0 Å². The number of hydrogen-bond donors (Lipinski definition) is 2. The molecule has 2 N–H and O–H groups in total. The van der Waals surface area contributed by atoms with Crippen LogP contribution in [-0.4, -0.2) is 31.1 Å². The van der Waals surface area contributed by atoms with E-state index in [-0.39, 0.29) is 13.4 Å². The number of benzene rings is 1. The van der Waals surface area contributed by atoms with Crippen molar-refractivity contribution in [3.05, 3.63) is 18.2 Å². The third-order valence-electron chi connectivity index (χ3n) is 2.16. The molecule has 1 aliphatic heterocycles. The SMILES string of the molecule is O=C(NCCCO)Oc1ccc2c(c1)OCO2. The Bertz CT molecular complexity index is 407. The van der Waals surface area contributed by atoms with Gasteiger partial charge in [-0.1, -0.05) is 0 Å². The number of carbonyl (C=O) groups excluding carboxylic acids is 1. The smallest absolute Gasteiger partial charge is 0.412 e. The van der Waals surface area contributed by atoms with Gasteiger partial charge in [0.05, 0.1) is 0 Å². The van der Waals surface area contributed by atoms with Crippen LogP contribution in [0.1, 0.15) is 6.42 Å². The molecule has 0 spiro atoms.